The van der Waals surface area contributed by atoms with Crippen LogP contribution in [-0.2, 0) is 17.9 Å². The summed E-state index contributed by atoms with van der Waals surface area (Å²) in [7, 11) is 4.06. The number of amides is 1. The molecule has 25 heavy (non-hydrogen) atoms. The highest BCUT2D eigenvalue weighted by molar-refractivity contribution is 6.42. The van der Waals surface area contributed by atoms with Gasteiger partial charge in [-0.15, -0.1) is 0 Å². The van der Waals surface area contributed by atoms with Crippen molar-refractivity contribution < 1.29 is 9.53 Å². The zero-order valence-corrected chi connectivity index (χ0v) is 16.1. The predicted octanol–water partition coefficient (Wildman–Crippen LogP) is 4.14. The summed E-state index contributed by atoms with van der Waals surface area (Å²) in [5.41, 5.74) is 2.26. The topological polar surface area (TPSA) is 41.6 Å². The Hall–Kier alpha value is -1.75. The Balaban J connectivity index is 1.88. The molecule has 0 aliphatic heterocycles. The molecular weight excluding hydrogens is 359 g/mol. The van der Waals surface area contributed by atoms with Crippen LogP contribution in [0.25, 0.3) is 0 Å². The lowest BCUT2D eigenvalue weighted by Crippen LogP contribution is -2.35. The molecule has 2 aromatic carbocycles. The van der Waals surface area contributed by atoms with Gasteiger partial charge in [0.1, 0.15) is 10.8 Å². The molecule has 0 aromatic heterocycles. The summed E-state index contributed by atoms with van der Waals surface area (Å²) in [6.45, 7) is 3.00. The molecule has 0 saturated carbocycles. The van der Waals surface area contributed by atoms with Crippen molar-refractivity contribution in [2.75, 3.05) is 14.1 Å². The predicted molar refractivity (Wildman–Crippen MR) is 102 cm³/mol. The van der Waals surface area contributed by atoms with Gasteiger partial charge in [0.05, 0.1) is 5.02 Å². The van der Waals surface area contributed by atoms with E-state index in [9.17, 15) is 4.79 Å². The summed E-state index contributed by atoms with van der Waals surface area (Å²) in [5, 5.41) is 3.56. The van der Waals surface area contributed by atoms with Gasteiger partial charge in [-0.05, 0) is 44.3 Å². The van der Waals surface area contributed by atoms with Crippen molar-refractivity contribution in [2.24, 2.45) is 0 Å². The summed E-state index contributed by atoms with van der Waals surface area (Å²) < 4.78 is 5.61. The number of nitrogens with zero attached hydrogens (tertiary/aromatic N) is 1. The van der Waals surface area contributed by atoms with Crippen molar-refractivity contribution in [1.82, 2.24) is 10.2 Å². The third kappa shape index (κ3) is 5.92. The number of hydrogen-bond donors (Lipinski definition) is 1. The molecule has 0 spiro atoms. The van der Waals surface area contributed by atoms with Gasteiger partial charge in [0, 0.05) is 13.1 Å². The molecule has 0 saturated heterocycles. The Bertz CT molecular complexity index is 718. The number of hydrogen-bond acceptors (Lipinski definition) is 3. The Morgan fingerprint density at radius 3 is 2.40 bits per heavy atom. The molecule has 0 heterocycles. The molecule has 2 aromatic rings. The van der Waals surface area contributed by atoms with Crippen LogP contribution < -0.4 is 10.1 Å². The first-order chi connectivity index (χ1) is 11.9. The molecular formula is C19H22Cl2N2O2. The fourth-order valence-electron chi connectivity index (χ4n) is 2.28. The van der Waals surface area contributed by atoms with Crippen molar-refractivity contribution in [3.05, 3.63) is 63.6 Å². The first kappa shape index (κ1) is 19.6. The van der Waals surface area contributed by atoms with Crippen LogP contribution in [0.15, 0.2) is 42.5 Å². The monoisotopic (exact) mass is 380 g/mol. The van der Waals surface area contributed by atoms with Crippen LogP contribution in [0.1, 0.15) is 18.1 Å². The summed E-state index contributed by atoms with van der Waals surface area (Å²) in [6, 6.07) is 13.2. The molecule has 134 valence electrons. The second-order valence-corrected chi connectivity index (χ2v) is 6.87. The number of benzene rings is 2. The molecule has 4 nitrogen and oxygen atoms in total. The fraction of sp³-hybridized carbons (Fsp3) is 0.316. The van der Waals surface area contributed by atoms with Crippen molar-refractivity contribution >= 4 is 29.1 Å². The maximum atomic E-state index is 12.2. The van der Waals surface area contributed by atoms with Gasteiger partial charge in [-0.25, -0.2) is 0 Å². The smallest absolute Gasteiger partial charge is 0.261 e. The van der Waals surface area contributed by atoms with E-state index in [1.54, 1.807) is 25.1 Å². The van der Waals surface area contributed by atoms with E-state index in [2.05, 4.69) is 22.3 Å². The van der Waals surface area contributed by atoms with Gasteiger partial charge in [-0.1, -0.05) is 53.5 Å². The van der Waals surface area contributed by atoms with E-state index >= 15 is 0 Å². The van der Waals surface area contributed by atoms with Crippen LogP contribution in [0.5, 0.6) is 5.75 Å². The van der Waals surface area contributed by atoms with E-state index in [1.165, 1.54) is 5.56 Å². The lowest BCUT2D eigenvalue weighted by molar-refractivity contribution is -0.127. The number of carbonyl (C=O) groups excluding carboxylic acids is 1. The third-order valence-corrected chi connectivity index (χ3v) is 4.38. The number of ether oxygens (including phenoxy) is 1. The van der Waals surface area contributed by atoms with Gasteiger partial charge in [-0.3, -0.25) is 4.79 Å². The second-order valence-electron chi connectivity index (χ2n) is 6.08. The molecule has 1 N–H and O–H groups in total. The zero-order chi connectivity index (χ0) is 18.4. The molecule has 0 bridgehead atoms. The maximum Gasteiger partial charge on any atom is 0.261 e. The van der Waals surface area contributed by atoms with Crippen LogP contribution in [-0.4, -0.2) is 31.0 Å². The van der Waals surface area contributed by atoms with Gasteiger partial charge in [0.2, 0.25) is 0 Å². The molecule has 1 atom stereocenters. The summed E-state index contributed by atoms with van der Waals surface area (Å²) >= 11 is 12.0. The van der Waals surface area contributed by atoms with Gasteiger partial charge >= 0.3 is 0 Å². The van der Waals surface area contributed by atoms with Crippen molar-refractivity contribution in [2.45, 2.75) is 26.1 Å². The largest absolute Gasteiger partial charge is 0.479 e. The van der Waals surface area contributed by atoms with Gasteiger partial charge in [0.15, 0.2) is 6.10 Å². The Morgan fingerprint density at radius 2 is 1.76 bits per heavy atom. The van der Waals surface area contributed by atoms with Crippen molar-refractivity contribution in [3.63, 3.8) is 0 Å². The number of rotatable bonds is 7. The summed E-state index contributed by atoms with van der Waals surface area (Å²) in [5.74, 6) is 0.179. The van der Waals surface area contributed by atoms with E-state index in [1.807, 2.05) is 26.2 Å². The highest BCUT2D eigenvalue weighted by Gasteiger charge is 2.16. The second kappa shape index (κ2) is 9.09. The fourth-order valence-corrected chi connectivity index (χ4v) is 2.62. The normalized spacial score (nSPS) is 12.1. The molecule has 0 radical (unpaired) electrons. The van der Waals surface area contributed by atoms with Crippen molar-refractivity contribution in [3.8, 4) is 5.75 Å². The minimum atomic E-state index is -0.677. The van der Waals surface area contributed by atoms with Crippen LogP contribution in [0.4, 0.5) is 0 Å². The first-order valence-electron chi connectivity index (χ1n) is 7.97. The van der Waals surface area contributed by atoms with Gasteiger partial charge in [-0.2, -0.15) is 0 Å². The number of halogens is 2. The Kier molecular flexibility index (Phi) is 7.12. The molecule has 0 aliphatic carbocycles. The highest BCUT2D eigenvalue weighted by Crippen LogP contribution is 2.32. The first-order valence-corrected chi connectivity index (χ1v) is 8.73. The molecule has 1 amide bonds. The summed E-state index contributed by atoms with van der Waals surface area (Å²) in [6.07, 6.45) is -0.677. The van der Waals surface area contributed by atoms with Crippen molar-refractivity contribution in [1.29, 1.82) is 0 Å². The van der Waals surface area contributed by atoms with Crippen LogP contribution in [0.3, 0.4) is 0 Å². The quantitative estimate of drug-likeness (QED) is 0.784. The molecule has 2 rings (SSSR count). The standard InChI is InChI=1S/C19H22Cl2N2O2/c1-13(25-17-6-4-5-16(20)18(17)21)19(24)22-11-14-7-9-15(10-8-14)12-23(2)3/h4-10,13H,11-12H2,1-3H3,(H,22,24). The van der Waals surface area contributed by atoms with Crippen LogP contribution in [0, 0.1) is 0 Å². The minimum absolute atomic E-state index is 0.214. The maximum absolute atomic E-state index is 12.2. The summed E-state index contributed by atoms with van der Waals surface area (Å²) in [4.78, 5) is 14.3. The number of nitrogens with one attached hydrogen (secondary N) is 1. The van der Waals surface area contributed by atoms with E-state index in [-0.39, 0.29) is 5.91 Å². The number of carbonyl (C=O) groups is 1. The van der Waals surface area contributed by atoms with Gasteiger partial charge < -0.3 is 15.0 Å². The van der Waals surface area contributed by atoms with E-state index in [4.69, 9.17) is 27.9 Å². The zero-order valence-electron chi connectivity index (χ0n) is 14.6. The van der Waals surface area contributed by atoms with E-state index < -0.39 is 6.10 Å². The van der Waals surface area contributed by atoms with Crippen LogP contribution >= 0.6 is 23.2 Å². The van der Waals surface area contributed by atoms with E-state index in [0.29, 0.717) is 22.3 Å². The molecule has 0 aliphatic rings. The average Bonchev–Trinajstić information content (AvgIpc) is 2.57. The molecule has 0 fully saturated rings. The molecule has 6 heteroatoms. The Labute approximate surface area is 158 Å². The lowest BCUT2D eigenvalue weighted by Gasteiger charge is -2.16. The highest BCUT2D eigenvalue weighted by atomic mass is 35.5. The average molecular weight is 381 g/mol. The SMILES string of the molecule is CC(Oc1cccc(Cl)c1Cl)C(=O)NCc1ccc(CN(C)C)cc1. The van der Waals surface area contributed by atoms with E-state index in [0.717, 1.165) is 12.1 Å². The third-order valence-electron chi connectivity index (χ3n) is 3.58. The minimum Gasteiger partial charge on any atom is -0.479 e. The molecule has 1 unspecified atom stereocenters. The van der Waals surface area contributed by atoms with Crippen LogP contribution in [0.2, 0.25) is 10.0 Å². The lowest BCUT2D eigenvalue weighted by atomic mass is 10.1. The Morgan fingerprint density at radius 1 is 1.12 bits per heavy atom. The van der Waals surface area contributed by atoms with Gasteiger partial charge in [0.25, 0.3) is 5.91 Å².